The number of hydrogen-bond acceptors (Lipinski definition) is 10. The van der Waals surface area contributed by atoms with Crippen LogP contribution in [-0.4, -0.2) is 55.4 Å². The number of aromatic nitrogens is 5. The van der Waals surface area contributed by atoms with Crippen molar-refractivity contribution >= 4 is 51.8 Å². The van der Waals surface area contributed by atoms with Crippen LogP contribution in [0.25, 0.3) is 5.69 Å². The summed E-state index contributed by atoms with van der Waals surface area (Å²) in [6.07, 6.45) is 0. The molecule has 0 fully saturated rings. The number of nitrogens with zero attached hydrogens (tertiary/aromatic N) is 5. The summed E-state index contributed by atoms with van der Waals surface area (Å²) in [5, 5.41) is 23.3. The van der Waals surface area contributed by atoms with E-state index in [2.05, 4.69) is 31.0 Å². The number of carbonyl (C=O) groups is 2. The van der Waals surface area contributed by atoms with Crippen molar-refractivity contribution in [3.8, 4) is 11.4 Å². The van der Waals surface area contributed by atoms with Gasteiger partial charge in [-0.2, -0.15) is 0 Å². The maximum Gasteiger partial charge on any atom is 0.251 e. The molecule has 0 saturated heterocycles. The minimum Gasteiger partial charge on any atom is -0.495 e. The van der Waals surface area contributed by atoms with Gasteiger partial charge in [-0.05, 0) is 36.9 Å². The number of benzene rings is 2. The van der Waals surface area contributed by atoms with E-state index in [0.29, 0.717) is 33.1 Å². The van der Waals surface area contributed by atoms with E-state index in [9.17, 15) is 9.59 Å². The fraction of sp³-hybridized carbons (Fsp3) is 0.250. The van der Waals surface area contributed by atoms with Gasteiger partial charge >= 0.3 is 0 Å². The molecule has 0 aliphatic rings. The van der Waals surface area contributed by atoms with Crippen LogP contribution in [0.4, 0.5) is 5.13 Å². The molecule has 0 saturated carbocycles. The molecule has 0 bridgehead atoms. The molecule has 2 amide bonds. The van der Waals surface area contributed by atoms with Gasteiger partial charge in [0.25, 0.3) is 5.91 Å². The number of methoxy groups -OCH3 is 1. The topological polar surface area (TPSA) is 124 Å². The van der Waals surface area contributed by atoms with E-state index in [-0.39, 0.29) is 24.1 Å². The predicted molar refractivity (Wildman–Crippen MR) is 146 cm³/mol. The zero-order valence-corrected chi connectivity index (χ0v) is 22.9. The lowest BCUT2D eigenvalue weighted by molar-refractivity contribution is -0.113. The van der Waals surface area contributed by atoms with Crippen molar-refractivity contribution in [1.29, 1.82) is 0 Å². The summed E-state index contributed by atoms with van der Waals surface area (Å²) >= 11 is 4.12. The second kappa shape index (κ2) is 12.7. The number of thioether (sulfide) groups is 2. The van der Waals surface area contributed by atoms with Gasteiger partial charge in [-0.1, -0.05) is 71.6 Å². The number of anilines is 1. The second-order valence-electron chi connectivity index (χ2n) is 7.60. The number of carbonyl (C=O) groups excluding carboxylic acids is 2. The minimum atomic E-state index is -0.238. The molecule has 0 spiro atoms. The van der Waals surface area contributed by atoms with E-state index >= 15 is 0 Å². The van der Waals surface area contributed by atoms with Crippen LogP contribution in [0.5, 0.6) is 5.75 Å². The van der Waals surface area contributed by atoms with Gasteiger partial charge in [-0.15, -0.1) is 20.4 Å². The quantitative estimate of drug-likeness (QED) is 0.207. The minimum absolute atomic E-state index is 0.0821. The molecule has 2 N–H and O–H groups in total. The van der Waals surface area contributed by atoms with E-state index < -0.39 is 0 Å². The van der Waals surface area contributed by atoms with Crippen molar-refractivity contribution in [2.75, 3.05) is 23.9 Å². The molecule has 2 heterocycles. The van der Waals surface area contributed by atoms with Crippen LogP contribution in [0.1, 0.15) is 28.7 Å². The lowest BCUT2D eigenvalue weighted by Gasteiger charge is -2.14. The van der Waals surface area contributed by atoms with Crippen LogP contribution in [-0.2, 0) is 11.3 Å². The van der Waals surface area contributed by atoms with Crippen molar-refractivity contribution in [2.45, 2.75) is 29.9 Å². The highest BCUT2D eigenvalue weighted by atomic mass is 32.2. The first-order chi connectivity index (χ1) is 18.0. The Bertz CT molecular complexity index is 1390. The van der Waals surface area contributed by atoms with Gasteiger partial charge in [-0.25, -0.2) is 0 Å². The number of hydrogen-bond donors (Lipinski definition) is 2. The van der Waals surface area contributed by atoms with Crippen LogP contribution >= 0.6 is 34.9 Å². The predicted octanol–water partition coefficient (Wildman–Crippen LogP) is 4.21. The molecule has 0 radical (unpaired) electrons. The van der Waals surface area contributed by atoms with Crippen molar-refractivity contribution in [1.82, 2.24) is 30.3 Å². The molecule has 0 aliphatic carbocycles. The van der Waals surface area contributed by atoms with Gasteiger partial charge in [0.15, 0.2) is 15.3 Å². The smallest absolute Gasteiger partial charge is 0.251 e. The van der Waals surface area contributed by atoms with Crippen molar-refractivity contribution in [3.05, 3.63) is 65.5 Å². The molecule has 2 aromatic heterocycles. The normalized spacial score (nSPS) is 10.8. The summed E-state index contributed by atoms with van der Waals surface area (Å²) in [4.78, 5) is 25.3. The van der Waals surface area contributed by atoms with Gasteiger partial charge in [0.05, 0.1) is 25.1 Å². The molecule has 2 aromatic carbocycles. The zero-order valence-electron chi connectivity index (χ0n) is 20.4. The summed E-state index contributed by atoms with van der Waals surface area (Å²) in [7, 11) is 1.58. The van der Waals surface area contributed by atoms with E-state index in [1.54, 1.807) is 29.5 Å². The molecule has 4 aromatic rings. The Labute approximate surface area is 226 Å². The first-order valence-electron chi connectivity index (χ1n) is 11.3. The lowest BCUT2D eigenvalue weighted by atomic mass is 10.1. The van der Waals surface area contributed by atoms with E-state index in [4.69, 9.17) is 4.74 Å². The third-order valence-electron chi connectivity index (χ3n) is 4.97. The number of aryl methyl sites for hydroxylation is 1. The highest BCUT2D eigenvalue weighted by Gasteiger charge is 2.20. The van der Waals surface area contributed by atoms with Crippen molar-refractivity contribution in [3.63, 3.8) is 0 Å². The molecule has 10 nitrogen and oxygen atoms in total. The van der Waals surface area contributed by atoms with Gasteiger partial charge in [0.2, 0.25) is 11.0 Å². The molecule has 4 rings (SSSR count). The summed E-state index contributed by atoms with van der Waals surface area (Å²) in [6, 6.07) is 14.8. The maximum absolute atomic E-state index is 12.7. The Morgan fingerprint density at radius 2 is 1.89 bits per heavy atom. The Morgan fingerprint density at radius 3 is 2.68 bits per heavy atom. The van der Waals surface area contributed by atoms with Crippen LogP contribution in [0.2, 0.25) is 0 Å². The average Bonchev–Trinajstić information content (AvgIpc) is 3.52. The Balaban J connectivity index is 1.51. The summed E-state index contributed by atoms with van der Waals surface area (Å²) in [5.41, 5.74) is 2.26. The molecule has 37 heavy (non-hydrogen) atoms. The largest absolute Gasteiger partial charge is 0.495 e. The zero-order chi connectivity index (χ0) is 26.2. The summed E-state index contributed by atoms with van der Waals surface area (Å²) in [5.74, 6) is 1.61. The Kier molecular flexibility index (Phi) is 9.14. The number of rotatable bonds is 11. The SMILES string of the molecule is CCSc1nnc(NC(=O)CSc2nnc(CNC(=O)c3cccc(C)c3)n2-c2ccccc2OC)s1. The van der Waals surface area contributed by atoms with Gasteiger partial charge in [-0.3, -0.25) is 19.5 Å². The third-order valence-corrected chi connectivity index (χ3v) is 7.75. The highest BCUT2D eigenvalue weighted by molar-refractivity contribution is 8.01. The standard InChI is InChI=1S/C24H25N7O3S3/c1-4-35-24-30-28-22(37-24)26-20(32)14-36-23-29-27-19(31(23)17-10-5-6-11-18(17)34-3)13-25-21(33)16-9-7-8-15(2)12-16/h5-12H,4,13-14H2,1-3H3,(H,25,33)(H,26,28,32). The fourth-order valence-electron chi connectivity index (χ4n) is 3.34. The average molecular weight is 556 g/mol. The van der Waals surface area contributed by atoms with Gasteiger partial charge in [0.1, 0.15) is 5.75 Å². The van der Waals surface area contributed by atoms with Crippen LogP contribution in [0.3, 0.4) is 0 Å². The van der Waals surface area contributed by atoms with Crippen LogP contribution < -0.4 is 15.4 Å². The molecule has 0 atom stereocenters. The van der Waals surface area contributed by atoms with Crippen molar-refractivity contribution < 1.29 is 14.3 Å². The Morgan fingerprint density at radius 1 is 1.05 bits per heavy atom. The van der Waals surface area contributed by atoms with E-state index in [1.807, 2.05) is 56.3 Å². The number of amides is 2. The highest BCUT2D eigenvalue weighted by Crippen LogP contribution is 2.29. The molecule has 0 aliphatic heterocycles. The number of para-hydroxylation sites is 2. The Hall–Kier alpha value is -3.42. The third kappa shape index (κ3) is 6.87. The summed E-state index contributed by atoms with van der Waals surface area (Å²) < 4.78 is 8.14. The monoisotopic (exact) mass is 555 g/mol. The molecular weight excluding hydrogens is 531 g/mol. The van der Waals surface area contributed by atoms with Crippen molar-refractivity contribution in [2.24, 2.45) is 0 Å². The van der Waals surface area contributed by atoms with Crippen LogP contribution in [0.15, 0.2) is 58.0 Å². The fourth-order valence-corrected chi connectivity index (χ4v) is 5.77. The van der Waals surface area contributed by atoms with E-state index in [1.165, 1.54) is 23.1 Å². The maximum atomic E-state index is 12.7. The first-order valence-corrected chi connectivity index (χ1v) is 14.1. The van der Waals surface area contributed by atoms with E-state index in [0.717, 1.165) is 15.7 Å². The first kappa shape index (κ1) is 26.6. The number of nitrogens with one attached hydrogen (secondary N) is 2. The van der Waals surface area contributed by atoms with Crippen LogP contribution in [0, 0.1) is 6.92 Å². The summed E-state index contributed by atoms with van der Waals surface area (Å²) in [6.45, 7) is 4.09. The second-order valence-corrected chi connectivity index (χ2v) is 11.0. The molecule has 192 valence electrons. The molecule has 0 unspecified atom stereocenters. The van der Waals surface area contributed by atoms with Gasteiger partial charge < -0.3 is 10.1 Å². The molecule has 13 heteroatoms. The van der Waals surface area contributed by atoms with Gasteiger partial charge in [0, 0.05) is 5.56 Å². The number of ether oxygens (including phenoxy) is 1. The lowest BCUT2D eigenvalue weighted by Crippen LogP contribution is -2.24. The molecular formula is C24H25N7O3S3.